The number of aromatic nitrogens is 4. The van der Waals surface area contributed by atoms with Gasteiger partial charge in [0.2, 0.25) is 22.9 Å². The summed E-state index contributed by atoms with van der Waals surface area (Å²) in [6.07, 6.45) is 3.44. The Labute approximate surface area is 195 Å². The third kappa shape index (κ3) is 4.22. The van der Waals surface area contributed by atoms with Crippen molar-refractivity contribution in [3.63, 3.8) is 0 Å². The van der Waals surface area contributed by atoms with Crippen LogP contribution in [0.3, 0.4) is 0 Å². The van der Waals surface area contributed by atoms with E-state index in [1.807, 2.05) is 39.2 Å². The molecule has 1 aliphatic heterocycles. The molecule has 1 saturated heterocycles. The van der Waals surface area contributed by atoms with Crippen molar-refractivity contribution in [1.82, 2.24) is 24.9 Å². The van der Waals surface area contributed by atoms with Crippen molar-refractivity contribution in [1.29, 1.82) is 0 Å². The Hall–Kier alpha value is -3.27. The van der Waals surface area contributed by atoms with E-state index in [1.165, 1.54) is 11.8 Å². The number of carbonyl (C=O) groups is 3. The van der Waals surface area contributed by atoms with Crippen LogP contribution >= 0.6 is 11.8 Å². The van der Waals surface area contributed by atoms with Gasteiger partial charge in [-0.15, -0.1) is 5.10 Å². The number of piperidine rings is 1. The molecule has 1 fully saturated rings. The molecule has 3 heterocycles. The van der Waals surface area contributed by atoms with E-state index in [4.69, 9.17) is 0 Å². The fourth-order valence-corrected chi connectivity index (χ4v) is 4.67. The molecule has 172 valence electrons. The van der Waals surface area contributed by atoms with Crippen LogP contribution in [0.25, 0.3) is 5.78 Å². The van der Waals surface area contributed by atoms with Gasteiger partial charge < -0.3 is 5.32 Å². The van der Waals surface area contributed by atoms with Gasteiger partial charge in [-0.05, 0) is 50.6 Å². The Morgan fingerprint density at radius 3 is 2.58 bits per heavy atom. The van der Waals surface area contributed by atoms with Crippen LogP contribution in [0.15, 0.2) is 29.4 Å². The third-order valence-electron chi connectivity index (χ3n) is 6.34. The molecular formula is C23H26N6O3S. The van der Waals surface area contributed by atoms with E-state index in [0.29, 0.717) is 35.9 Å². The molecule has 9 nitrogen and oxygen atoms in total. The first kappa shape index (κ1) is 22.9. The number of hydrogen-bond donors (Lipinski definition) is 2. The fourth-order valence-electron chi connectivity index (χ4n) is 4.34. The summed E-state index contributed by atoms with van der Waals surface area (Å²) in [5.41, 5.74) is 3.14. The van der Waals surface area contributed by atoms with Crippen LogP contribution < -0.4 is 10.6 Å². The highest BCUT2D eigenvalue weighted by atomic mass is 32.2. The zero-order chi connectivity index (χ0) is 23.8. The molecule has 33 heavy (non-hydrogen) atoms. The molecule has 0 saturated carbocycles. The van der Waals surface area contributed by atoms with Crippen molar-refractivity contribution in [2.45, 2.75) is 57.0 Å². The van der Waals surface area contributed by atoms with Crippen molar-refractivity contribution in [2.24, 2.45) is 0 Å². The molecule has 2 N–H and O–H groups in total. The lowest BCUT2D eigenvalue weighted by molar-refractivity contribution is -0.138. The second-order valence-electron chi connectivity index (χ2n) is 8.19. The van der Waals surface area contributed by atoms with E-state index in [1.54, 1.807) is 16.6 Å². The van der Waals surface area contributed by atoms with E-state index in [2.05, 4.69) is 25.7 Å². The monoisotopic (exact) mass is 466 g/mol. The highest BCUT2D eigenvalue weighted by molar-refractivity contribution is 7.98. The molecule has 0 aliphatic carbocycles. The van der Waals surface area contributed by atoms with Gasteiger partial charge in [-0.3, -0.25) is 19.7 Å². The fraction of sp³-hybridized carbons (Fsp3) is 0.391. The van der Waals surface area contributed by atoms with E-state index in [9.17, 15) is 14.4 Å². The largest absolute Gasteiger partial charge is 0.326 e. The number of rotatable bonds is 6. The topological polar surface area (TPSA) is 118 Å². The summed E-state index contributed by atoms with van der Waals surface area (Å²) in [5.74, 6) is -0.148. The standard InChI is InChI=1S/C23H26N6O3S/c1-5-23(11-10-18(30)26-20(23)32)15-6-8-16(9-7-15)25-19(31)12-17-13(2)24-21-27-22(33-4)28-29(21)14(17)3/h6-9H,5,10-12H2,1-4H3,(H,25,31)(H,26,30,32). The molecule has 1 aromatic carbocycles. The average Bonchev–Trinajstić information content (AvgIpc) is 3.21. The highest BCUT2D eigenvalue weighted by Crippen LogP contribution is 2.36. The maximum Gasteiger partial charge on any atom is 0.253 e. The molecule has 0 radical (unpaired) electrons. The maximum atomic E-state index is 12.8. The van der Waals surface area contributed by atoms with Crippen molar-refractivity contribution in [3.05, 3.63) is 46.8 Å². The van der Waals surface area contributed by atoms with Crippen LogP contribution in [-0.2, 0) is 26.2 Å². The van der Waals surface area contributed by atoms with Crippen LogP contribution in [0.1, 0.15) is 48.7 Å². The summed E-state index contributed by atoms with van der Waals surface area (Å²) < 4.78 is 1.67. The summed E-state index contributed by atoms with van der Waals surface area (Å²) in [6, 6.07) is 7.27. The second kappa shape index (κ2) is 8.93. The smallest absolute Gasteiger partial charge is 0.253 e. The molecule has 3 amide bonds. The number of amides is 3. The number of benzene rings is 1. The highest BCUT2D eigenvalue weighted by Gasteiger charge is 2.42. The summed E-state index contributed by atoms with van der Waals surface area (Å²) in [6.45, 7) is 5.71. The van der Waals surface area contributed by atoms with Gasteiger partial charge >= 0.3 is 0 Å². The summed E-state index contributed by atoms with van der Waals surface area (Å²) in [4.78, 5) is 45.8. The first-order valence-corrected chi connectivity index (χ1v) is 12.0. The van der Waals surface area contributed by atoms with E-state index >= 15 is 0 Å². The Kier molecular flexibility index (Phi) is 6.20. The van der Waals surface area contributed by atoms with Gasteiger partial charge in [0.1, 0.15) is 0 Å². The average molecular weight is 467 g/mol. The zero-order valence-corrected chi connectivity index (χ0v) is 19.9. The Morgan fingerprint density at radius 1 is 1.21 bits per heavy atom. The van der Waals surface area contributed by atoms with E-state index in [-0.39, 0.29) is 24.1 Å². The van der Waals surface area contributed by atoms with Crippen LogP contribution in [-0.4, -0.2) is 43.6 Å². The molecule has 4 rings (SSSR count). The first-order chi connectivity index (χ1) is 15.8. The van der Waals surface area contributed by atoms with Crippen LogP contribution in [0.5, 0.6) is 0 Å². The number of hydrogen-bond acceptors (Lipinski definition) is 7. The summed E-state index contributed by atoms with van der Waals surface area (Å²) >= 11 is 1.44. The van der Waals surface area contributed by atoms with Gasteiger partial charge in [-0.1, -0.05) is 30.8 Å². The molecule has 1 atom stereocenters. The predicted octanol–water partition coefficient (Wildman–Crippen LogP) is 2.73. The quantitative estimate of drug-likeness (QED) is 0.424. The third-order valence-corrected chi connectivity index (χ3v) is 6.88. The van der Waals surface area contributed by atoms with Gasteiger partial charge in [0.25, 0.3) is 5.78 Å². The van der Waals surface area contributed by atoms with Crippen LogP contribution in [0.4, 0.5) is 5.69 Å². The van der Waals surface area contributed by atoms with Gasteiger partial charge in [0.15, 0.2) is 0 Å². The Balaban J connectivity index is 1.51. The van der Waals surface area contributed by atoms with Crippen LogP contribution in [0.2, 0.25) is 0 Å². The second-order valence-corrected chi connectivity index (χ2v) is 8.96. The minimum atomic E-state index is -0.723. The molecule has 0 spiro atoms. The number of fused-ring (bicyclic) bond motifs is 1. The molecule has 0 bridgehead atoms. The normalized spacial score (nSPS) is 18.4. The van der Waals surface area contributed by atoms with Crippen LogP contribution in [0, 0.1) is 13.8 Å². The van der Waals surface area contributed by atoms with Gasteiger partial charge in [-0.25, -0.2) is 9.50 Å². The van der Waals surface area contributed by atoms with Gasteiger partial charge in [0, 0.05) is 29.1 Å². The minimum Gasteiger partial charge on any atom is -0.326 e. The van der Waals surface area contributed by atoms with Crippen molar-refractivity contribution in [3.8, 4) is 0 Å². The van der Waals surface area contributed by atoms with E-state index in [0.717, 1.165) is 22.5 Å². The molecule has 1 aliphatic rings. The molecule has 10 heteroatoms. The van der Waals surface area contributed by atoms with E-state index < -0.39 is 5.41 Å². The number of thioether (sulfide) groups is 1. The van der Waals surface area contributed by atoms with Gasteiger partial charge in [0.05, 0.1) is 11.8 Å². The van der Waals surface area contributed by atoms with Crippen molar-refractivity contribution in [2.75, 3.05) is 11.6 Å². The number of nitrogens with one attached hydrogen (secondary N) is 2. The lowest BCUT2D eigenvalue weighted by Crippen LogP contribution is -2.51. The number of aryl methyl sites for hydroxylation is 2. The van der Waals surface area contributed by atoms with Gasteiger partial charge in [-0.2, -0.15) is 4.98 Å². The minimum absolute atomic E-state index is 0.153. The predicted molar refractivity (Wildman–Crippen MR) is 125 cm³/mol. The lowest BCUT2D eigenvalue weighted by Gasteiger charge is -2.35. The zero-order valence-electron chi connectivity index (χ0n) is 19.1. The number of imide groups is 1. The summed E-state index contributed by atoms with van der Waals surface area (Å²) in [7, 11) is 0. The molecule has 2 aromatic heterocycles. The Morgan fingerprint density at radius 2 is 1.94 bits per heavy atom. The summed E-state index contributed by atoms with van der Waals surface area (Å²) in [5, 5.41) is 10.4. The SMILES string of the molecule is CCC1(c2ccc(NC(=O)Cc3c(C)nc4nc(SC)nn4c3C)cc2)CCC(=O)NC1=O. The lowest BCUT2D eigenvalue weighted by atomic mass is 9.72. The number of carbonyl (C=O) groups excluding carboxylic acids is 3. The number of anilines is 1. The number of nitrogens with zero attached hydrogens (tertiary/aromatic N) is 4. The molecular weight excluding hydrogens is 440 g/mol. The van der Waals surface area contributed by atoms with Crippen molar-refractivity contribution >= 4 is 40.9 Å². The maximum absolute atomic E-state index is 12.8. The van der Waals surface area contributed by atoms with Crippen molar-refractivity contribution < 1.29 is 14.4 Å². The Bertz CT molecular complexity index is 1250. The first-order valence-electron chi connectivity index (χ1n) is 10.8. The molecule has 3 aromatic rings. The molecule has 1 unspecified atom stereocenters.